The predicted octanol–water partition coefficient (Wildman–Crippen LogP) is 0.764. The third-order valence-corrected chi connectivity index (χ3v) is 5.01. The number of hydrogen-bond acceptors (Lipinski definition) is 4. The highest BCUT2D eigenvalue weighted by Gasteiger charge is 2.25. The molecule has 132 valence electrons. The van der Waals surface area contributed by atoms with Crippen molar-refractivity contribution in [2.75, 3.05) is 52.9 Å². The molecule has 6 heteroatoms. The van der Waals surface area contributed by atoms with E-state index in [4.69, 9.17) is 0 Å². The maximum absolute atomic E-state index is 13.0. The Balaban J connectivity index is 1.48. The second kappa shape index (κ2) is 8.05. The van der Waals surface area contributed by atoms with E-state index in [1.807, 2.05) is 4.90 Å². The molecule has 1 atom stereocenters. The summed E-state index contributed by atoms with van der Waals surface area (Å²) in [5.74, 6) is -0.120. The number of nitrogens with one attached hydrogen (secondary N) is 1. The highest BCUT2D eigenvalue weighted by Crippen LogP contribution is 2.12. The first-order valence-electron chi connectivity index (χ1n) is 8.76. The minimum absolute atomic E-state index is 0.121. The van der Waals surface area contributed by atoms with E-state index in [9.17, 15) is 9.18 Å². The summed E-state index contributed by atoms with van der Waals surface area (Å²) in [5.41, 5.74) is 0.976. The van der Waals surface area contributed by atoms with E-state index in [2.05, 4.69) is 22.2 Å². The normalized spacial score (nSPS) is 23.7. The van der Waals surface area contributed by atoms with Crippen LogP contribution in [0.2, 0.25) is 0 Å². The molecule has 2 aliphatic heterocycles. The van der Waals surface area contributed by atoms with Crippen LogP contribution in [0.1, 0.15) is 12.0 Å². The topological polar surface area (TPSA) is 38.8 Å². The van der Waals surface area contributed by atoms with Crippen LogP contribution in [0.3, 0.4) is 0 Å². The number of hydrogen-bond donors (Lipinski definition) is 1. The molecule has 0 bridgehead atoms. The Morgan fingerprint density at radius 3 is 2.58 bits per heavy atom. The lowest BCUT2D eigenvalue weighted by molar-refractivity contribution is -0.133. The summed E-state index contributed by atoms with van der Waals surface area (Å²) >= 11 is 0. The molecule has 1 unspecified atom stereocenters. The van der Waals surface area contributed by atoms with Crippen LogP contribution in [-0.4, -0.2) is 79.5 Å². The van der Waals surface area contributed by atoms with Crippen LogP contribution < -0.4 is 5.32 Å². The molecule has 5 nitrogen and oxygen atoms in total. The van der Waals surface area contributed by atoms with Crippen molar-refractivity contribution in [1.29, 1.82) is 0 Å². The molecule has 0 radical (unpaired) electrons. The average Bonchev–Trinajstić information content (AvgIpc) is 2.59. The van der Waals surface area contributed by atoms with E-state index >= 15 is 0 Å². The molecule has 2 fully saturated rings. The van der Waals surface area contributed by atoms with Crippen molar-refractivity contribution in [1.82, 2.24) is 20.0 Å². The van der Waals surface area contributed by atoms with Gasteiger partial charge in [0.1, 0.15) is 5.82 Å². The number of rotatable bonds is 5. The Morgan fingerprint density at radius 1 is 1.17 bits per heavy atom. The smallest absolute Gasteiger partial charge is 0.236 e. The second-order valence-corrected chi connectivity index (χ2v) is 6.91. The Morgan fingerprint density at radius 2 is 1.88 bits per heavy atom. The molecule has 0 aliphatic carbocycles. The molecule has 2 aliphatic rings. The summed E-state index contributed by atoms with van der Waals surface area (Å²) in [6.07, 6.45) is 1.05. The number of carbonyl (C=O) groups excluding carboxylic acids is 1. The van der Waals surface area contributed by atoms with Gasteiger partial charge in [-0.3, -0.25) is 4.79 Å². The summed E-state index contributed by atoms with van der Waals surface area (Å²) in [6.45, 7) is 7.28. The molecular formula is C18H27FN4O. The van der Waals surface area contributed by atoms with Crippen LogP contribution in [0.15, 0.2) is 24.3 Å². The fourth-order valence-corrected chi connectivity index (χ4v) is 3.34. The second-order valence-electron chi connectivity index (χ2n) is 6.91. The lowest BCUT2D eigenvalue weighted by Gasteiger charge is -2.36. The number of benzene rings is 1. The van der Waals surface area contributed by atoms with Crippen molar-refractivity contribution in [2.45, 2.75) is 19.0 Å². The van der Waals surface area contributed by atoms with Crippen molar-refractivity contribution < 1.29 is 9.18 Å². The van der Waals surface area contributed by atoms with Gasteiger partial charge in [0.15, 0.2) is 0 Å². The van der Waals surface area contributed by atoms with Gasteiger partial charge in [-0.1, -0.05) is 12.1 Å². The van der Waals surface area contributed by atoms with Gasteiger partial charge in [0.2, 0.25) is 5.91 Å². The molecule has 3 rings (SSSR count). The van der Waals surface area contributed by atoms with Gasteiger partial charge in [0.25, 0.3) is 0 Å². The van der Waals surface area contributed by atoms with Gasteiger partial charge in [-0.2, -0.15) is 0 Å². The summed E-state index contributed by atoms with van der Waals surface area (Å²) < 4.78 is 13.0. The molecule has 0 aromatic heterocycles. The largest absolute Gasteiger partial charge is 0.336 e. The third kappa shape index (κ3) is 4.75. The van der Waals surface area contributed by atoms with Crippen LogP contribution in [0, 0.1) is 5.82 Å². The Hall–Kier alpha value is -1.50. The van der Waals surface area contributed by atoms with E-state index in [0.29, 0.717) is 19.1 Å². The van der Waals surface area contributed by atoms with Gasteiger partial charge in [-0.15, -0.1) is 0 Å². The molecule has 0 saturated carbocycles. The maximum Gasteiger partial charge on any atom is 0.236 e. The SMILES string of the molecule is CN1CCN(CCC2CN(Cc3ccc(F)cc3)C(=O)CN2)CC1. The zero-order chi connectivity index (χ0) is 16.9. The Labute approximate surface area is 143 Å². The third-order valence-electron chi connectivity index (χ3n) is 5.01. The minimum Gasteiger partial charge on any atom is -0.336 e. The predicted molar refractivity (Wildman–Crippen MR) is 92.2 cm³/mol. The number of amides is 1. The van der Waals surface area contributed by atoms with E-state index in [1.165, 1.54) is 12.1 Å². The van der Waals surface area contributed by atoms with E-state index < -0.39 is 0 Å². The monoisotopic (exact) mass is 334 g/mol. The molecular weight excluding hydrogens is 307 g/mol. The van der Waals surface area contributed by atoms with Gasteiger partial charge in [-0.25, -0.2) is 4.39 Å². The Kier molecular flexibility index (Phi) is 5.81. The molecule has 1 N–H and O–H groups in total. The first-order chi connectivity index (χ1) is 11.6. The number of likely N-dealkylation sites (N-methyl/N-ethyl adjacent to an activating group) is 1. The first-order valence-corrected chi connectivity index (χ1v) is 8.76. The average molecular weight is 334 g/mol. The summed E-state index contributed by atoms with van der Waals surface area (Å²) in [4.78, 5) is 18.9. The fraction of sp³-hybridized carbons (Fsp3) is 0.611. The highest BCUT2D eigenvalue weighted by atomic mass is 19.1. The number of carbonyl (C=O) groups is 1. The van der Waals surface area contributed by atoms with Gasteiger partial charge in [-0.05, 0) is 37.7 Å². The standard InChI is InChI=1S/C18H27FN4O/c1-21-8-10-22(11-9-21)7-6-17-14-23(18(24)12-20-17)13-15-2-4-16(19)5-3-15/h2-5,17,20H,6-14H2,1H3. The zero-order valence-corrected chi connectivity index (χ0v) is 14.4. The highest BCUT2D eigenvalue weighted by molar-refractivity contribution is 5.79. The number of halogens is 1. The zero-order valence-electron chi connectivity index (χ0n) is 14.4. The van der Waals surface area contributed by atoms with E-state index in [1.54, 1.807) is 12.1 Å². The van der Waals surface area contributed by atoms with Crippen molar-refractivity contribution in [3.8, 4) is 0 Å². The molecule has 0 spiro atoms. The summed E-state index contributed by atoms with van der Waals surface area (Å²) in [7, 11) is 2.17. The van der Waals surface area contributed by atoms with Crippen molar-refractivity contribution >= 4 is 5.91 Å². The van der Waals surface area contributed by atoms with Gasteiger partial charge < -0.3 is 20.0 Å². The molecule has 1 aromatic rings. The van der Waals surface area contributed by atoms with E-state index in [-0.39, 0.29) is 11.7 Å². The first kappa shape index (κ1) is 17.3. The molecule has 2 heterocycles. The maximum atomic E-state index is 13.0. The fourth-order valence-electron chi connectivity index (χ4n) is 3.34. The molecule has 2 saturated heterocycles. The van der Waals surface area contributed by atoms with Crippen LogP contribution in [0.5, 0.6) is 0 Å². The van der Waals surface area contributed by atoms with Gasteiger partial charge in [0, 0.05) is 45.3 Å². The molecule has 1 amide bonds. The Bertz CT molecular complexity index is 542. The molecule has 1 aromatic carbocycles. The van der Waals surface area contributed by atoms with Gasteiger partial charge >= 0.3 is 0 Å². The van der Waals surface area contributed by atoms with Crippen molar-refractivity contribution in [2.24, 2.45) is 0 Å². The van der Waals surface area contributed by atoms with Crippen LogP contribution >= 0.6 is 0 Å². The quantitative estimate of drug-likeness (QED) is 0.863. The van der Waals surface area contributed by atoms with E-state index in [0.717, 1.165) is 51.3 Å². The number of piperazine rings is 2. The summed E-state index contributed by atoms with van der Waals surface area (Å²) in [5, 5.41) is 3.35. The number of nitrogens with zero attached hydrogens (tertiary/aromatic N) is 3. The lowest BCUT2D eigenvalue weighted by atomic mass is 10.1. The van der Waals surface area contributed by atoms with Crippen molar-refractivity contribution in [3.05, 3.63) is 35.6 Å². The van der Waals surface area contributed by atoms with Crippen LogP contribution in [-0.2, 0) is 11.3 Å². The van der Waals surface area contributed by atoms with Crippen LogP contribution in [0.25, 0.3) is 0 Å². The molecule has 24 heavy (non-hydrogen) atoms. The van der Waals surface area contributed by atoms with Gasteiger partial charge in [0.05, 0.1) is 6.54 Å². The minimum atomic E-state index is -0.240. The van der Waals surface area contributed by atoms with Crippen molar-refractivity contribution in [3.63, 3.8) is 0 Å². The summed E-state index contributed by atoms with van der Waals surface area (Å²) in [6, 6.07) is 6.75. The lowest BCUT2D eigenvalue weighted by Crippen LogP contribution is -2.54. The van der Waals surface area contributed by atoms with Crippen LogP contribution in [0.4, 0.5) is 4.39 Å².